The molecule has 0 spiro atoms. The van der Waals surface area contributed by atoms with Crippen LogP contribution in [0.1, 0.15) is 54.9 Å². The van der Waals surface area contributed by atoms with Crippen LogP contribution in [0, 0.1) is 27.7 Å². The first-order valence-electron chi connectivity index (χ1n) is 37.1. The first kappa shape index (κ1) is 73.9. The zero-order valence-electron chi connectivity index (χ0n) is 63.5. The second kappa shape index (κ2) is 31.3. The molecule has 0 unspecified atom stereocenters. The molecule has 0 aromatic carbocycles. The van der Waals surface area contributed by atoms with Crippen molar-refractivity contribution in [2.24, 2.45) is 51.1 Å². The van der Waals surface area contributed by atoms with Crippen molar-refractivity contribution in [3.63, 3.8) is 0 Å². The molecule has 0 amide bonds. The zero-order valence-corrected chi connectivity index (χ0v) is 66.8. The average Bonchev–Trinajstić information content (AvgIpc) is 1.64. The largest absolute Gasteiger partial charge is 0.355 e. The molecule has 0 saturated carbocycles. The SMILES string of the molecule is Cc1cc(Nc2cc(N3CC(N)C3)nc3c(-c4cnn(C)c4)cnn23)sn1.Cc1cc(Nc2cc(N3CCC[C@@H](N)C3)nc3c(-c4cnn(C)c4)cnn23)sn1.Cc1cc(Nc2cc(N3CCC[C@H](N)C3)nc3c(-c4cnn(C)c4)cnn23)sn1.Cc1cc(Nc2cc(N3CC[C@H](N)C3)nc3c(-c4cnn(C)c4)cnn23)sn1. The van der Waals surface area contributed by atoms with Gasteiger partial charge in [-0.1, -0.05) is 0 Å². The Balaban J connectivity index is 0.000000109. The number of anilines is 12. The van der Waals surface area contributed by atoms with E-state index in [1.807, 2.05) is 197 Å². The maximum absolute atomic E-state index is 6.22. The molecule has 16 aromatic rings. The molecule has 0 bridgehead atoms. The van der Waals surface area contributed by atoms with Gasteiger partial charge in [-0.3, -0.25) is 18.7 Å². The van der Waals surface area contributed by atoms with Crippen molar-refractivity contribution in [2.75, 3.05) is 93.2 Å². The number of hydrogen-bond acceptors (Lipinski definition) is 32. The summed E-state index contributed by atoms with van der Waals surface area (Å²) < 4.78 is 31.9. The van der Waals surface area contributed by atoms with Gasteiger partial charge >= 0.3 is 0 Å². The Morgan fingerprint density at radius 2 is 0.584 bits per heavy atom. The Hall–Kier alpha value is -11.9. The predicted octanol–water partition coefficient (Wildman–Crippen LogP) is 9.09. The first-order valence-corrected chi connectivity index (χ1v) is 40.2. The zero-order chi connectivity index (χ0) is 77.7. The van der Waals surface area contributed by atoms with Crippen LogP contribution >= 0.6 is 46.1 Å². The lowest BCUT2D eigenvalue weighted by Gasteiger charge is -2.38. The minimum Gasteiger partial charge on any atom is -0.355 e. The van der Waals surface area contributed by atoms with Crippen LogP contribution in [-0.4, -0.2) is 192 Å². The van der Waals surface area contributed by atoms with Gasteiger partial charge in [-0.05, 0) is 130 Å². The van der Waals surface area contributed by atoms with Crippen LogP contribution in [-0.2, 0) is 28.2 Å². The molecule has 582 valence electrons. The van der Waals surface area contributed by atoms with Gasteiger partial charge in [0.15, 0.2) is 22.6 Å². The van der Waals surface area contributed by atoms with Gasteiger partial charge in [0.25, 0.3) is 0 Å². The molecule has 12 N–H and O–H groups in total. The summed E-state index contributed by atoms with van der Waals surface area (Å²) in [4.78, 5) is 28.7. The van der Waals surface area contributed by atoms with E-state index in [2.05, 4.69) is 99.2 Å². The molecule has 3 atom stereocenters. The van der Waals surface area contributed by atoms with Gasteiger partial charge in [-0.2, -0.15) is 76.3 Å². The summed E-state index contributed by atoms with van der Waals surface area (Å²) in [7, 11) is 7.61. The monoisotopic (exact) mass is 1590 g/mol. The van der Waals surface area contributed by atoms with E-state index in [1.54, 1.807) is 18.7 Å². The number of nitrogens with two attached hydrogens (primary N) is 4. The van der Waals surface area contributed by atoms with E-state index in [9.17, 15) is 0 Å². The molecule has 20 heterocycles. The van der Waals surface area contributed by atoms with Crippen molar-refractivity contribution in [3.8, 4) is 44.5 Å². The second-order valence-corrected chi connectivity index (χ2v) is 32.2. The van der Waals surface area contributed by atoms with Crippen molar-refractivity contribution in [1.29, 1.82) is 0 Å². The third-order valence-electron chi connectivity index (χ3n) is 19.8. The molecule has 0 radical (unpaired) electrons. The van der Waals surface area contributed by atoms with Crippen molar-refractivity contribution in [1.82, 2.24) is 115 Å². The molecule has 0 aliphatic carbocycles. The number of fused-ring (bicyclic) bond motifs is 4. The predicted molar refractivity (Wildman–Crippen MR) is 445 cm³/mol. The van der Waals surface area contributed by atoms with Crippen molar-refractivity contribution >= 4 is 135 Å². The summed E-state index contributed by atoms with van der Waals surface area (Å²) in [6.07, 6.45) is 27.8. The highest BCUT2D eigenvalue weighted by Gasteiger charge is 2.29. The minimum absolute atomic E-state index is 0.171. The molecule has 16 aromatic heterocycles. The van der Waals surface area contributed by atoms with Crippen LogP contribution in [0.25, 0.3) is 67.1 Å². The first-order chi connectivity index (χ1) is 54.8. The number of nitrogens with zero attached hydrogens (tertiary/aromatic N) is 28. The third-order valence-corrected chi connectivity index (χ3v) is 22.9. The normalized spacial score (nSPS) is 16.5. The standard InChI is InChI=1S/2C19H23N9S.C18H21N9S.C17H19N9S/c2*1-12-6-18(29-25-12)23-17-7-16(27-5-3-4-14(20)11-27)24-19-15(9-22-28(17)19)13-8-21-26(2)10-13;1-11-5-17(28-24-11)22-16-6-15(26-4-3-13(19)10-26)23-18-14(8-21-27(16)18)12-7-20-25(2)9-12;1-10-3-16(27-23-10)21-15-4-14(25-8-12(18)9-25)22-17-13(6-20-26(15)17)11-5-19-24(2)7-11/h2*6-10,14,23H,3-5,11,20H2,1-2H3;5-9,13,22H,3-4,10,19H2,1-2H3;3-7,12,21H,8-9,18H2,1-2H3/t2*14-;13-;/m100./s1. The highest BCUT2D eigenvalue weighted by molar-refractivity contribution is 7.11. The average molecular weight is 1600 g/mol. The molecule has 113 heavy (non-hydrogen) atoms. The van der Waals surface area contributed by atoms with E-state index in [0.717, 1.165) is 241 Å². The Kier molecular flexibility index (Phi) is 20.5. The van der Waals surface area contributed by atoms with Crippen LogP contribution in [0.5, 0.6) is 0 Å². The fraction of sp³-hybridized carbons (Fsp3) is 0.342. The topological polar surface area (TPSA) is 409 Å². The van der Waals surface area contributed by atoms with Crippen LogP contribution in [0.3, 0.4) is 0 Å². The van der Waals surface area contributed by atoms with Gasteiger partial charge in [-0.25, -0.2) is 19.9 Å². The fourth-order valence-electron chi connectivity index (χ4n) is 14.2. The van der Waals surface area contributed by atoms with Crippen LogP contribution in [0.15, 0.2) is 123 Å². The molecule has 4 aliphatic heterocycles. The smallest absolute Gasteiger partial charge is 0.167 e. The lowest BCUT2D eigenvalue weighted by molar-refractivity contribution is 0.503. The van der Waals surface area contributed by atoms with E-state index in [1.165, 1.54) is 46.1 Å². The van der Waals surface area contributed by atoms with Gasteiger partial charge in [0.2, 0.25) is 0 Å². The molecule has 40 heteroatoms. The van der Waals surface area contributed by atoms with Gasteiger partial charge in [-0.15, -0.1) is 0 Å². The number of hydrogen-bond donors (Lipinski definition) is 8. The fourth-order valence-corrected chi connectivity index (χ4v) is 16.9. The lowest BCUT2D eigenvalue weighted by Crippen LogP contribution is -2.56. The maximum atomic E-state index is 6.22. The number of rotatable bonds is 16. The molecular weight excluding hydrogens is 1510 g/mol. The number of aromatic nitrogens is 24. The lowest BCUT2D eigenvalue weighted by atomic mass is 10.1. The van der Waals surface area contributed by atoms with Gasteiger partial charge < -0.3 is 63.8 Å². The van der Waals surface area contributed by atoms with Crippen LogP contribution < -0.4 is 63.8 Å². The summed E-state index contributed by atoms with van der Waals surface area (Å²) in [5.74, 6) is 6.98. The molecule has 20 rings (SSSR count). The highest BCUT2D eigenvalue weighted by atomic mass is 32.1. The van der Waals surface area contributed by atoms with Gasteiger partial charge in [0, 0.05) is 198 Å². The van der Waals surface area contributed by atoms with E-state index in [0.29, 0.717) is 0 Å². The van der Waals surface area contributed by atoms with E-state index >= 15 is 0 Å². The van der Waals surface area contributed by atoms with E-state index in [4.69, 9.17) is 42.9 Å². The quantitative estimate of drug-likeness (QED) is 0.0447. The Bertz CT molecular complexity index is 5840. The highest BCUT2D eigenvalue weighted by Crippen LogP contribution is 2.37. The van der Waals surface area contributed by atoms with Crippen molar-refractivity contribution in [2.45, 2.75) is 84.0 Å². The molecule has 4 aliphatic rings. The molecule has 36 nitrogen and oxygen atoms in total. The van der Waals surface area contributed by atoms with E-state index in [-0.39, 0.29) is 24.2 Å². The number of nitrogens with one attached hydrogen (secondary N) is 4. The van der Waals surface area contributed by atoms with Gasteiger partial charge in [0.1, 0.15) is 66.5 Å². The third kappa shape index (κ3) is 16.0. The summed E-state index contributed by atoms with van der Waals surface area (Å²) in [6.45, 7) is 14.8. The molecular formula is C73H86N36S4. The molecule has 4 fully saturated rings. The number of aryl methyl sites for hydroxylation is 8. The molecule has 4 saturated heterocycles. The van der Waals surface area contributed by atoms with Crippen molar-refractivity contribution < 1.29 is 0 Å². The summed E-state index contributed by atoms with van der Waals surface area (Å²) in [5.41, 5.74) is 39.4. The van der Waals surface area contributed by atoms with E-state index < -0.39 is 0 Å². The number of piperidine rings is 2. The maximum Gasteiger partial charge on any atom is 0.167 e. The minimum atomic E-state index is 0.171. The Morgan fingerprint density at radius 3 is 0.823 bits per heavy atom. The van der Waals surface area contributed by atoms with Crippen LogP contribution in [0.4, 0.5) is 66.5 Å². The Morgan fingerprint density at radius 1 is 0.319 bits per heavy atom. The Labute approximate surface area is 664 Å². The summed E-state index contributed by atoms with van der Waals surface area (Å²) in [5, 5.41) is 53.2. The van der Waals surface area contributed by atoms with Crippen LogP contribution in [0.2, 0.25) is 0 Å². The van der Waals surface area contributed by atoms with Gasteiger partial charge in [0.05, 0.1) is 72.4 Å². The second-order valence-electron chi connectivity index (χ2n) is 29.0. The summed E-state index contributed by atoms with van der Waals surface area (Å²) >= 11 is 5.72. The van der Waals surface area contributed by atoms with Crippen molar-refractivity contribution in [3.05, 3.63) is 146 Å². The summed E-state index contributed by atoms with van der Waals surface area (Å²) in [6, 6.07) is 16.9.